The monoisotopic (exact) mass is 446 g/mol. The number of hydrogen-bond donors (Lipinski definition) is 0. The van der Waals surface area contributed by atoms with Gasteiger partial charge in [0.2, 0.25) is 10.0 Å². The standard InChI is InChI=1S/C20H23FN6O3S/c1-30-7-6-25-13-24-18-19(25)22-12-23-20(18)26-8-14-10-27(11-15(14)9-26)31(28,29)17-5-3-2-4-16(17)21/h2-5,12-15H,6-11H2,1H3. The Morgan fingerprint density at radius 3 is 2.55 bits per heavy atom. The molecule has 11 heteroatoms. The van der Waals surface area contributed by atoms with E-state index < -0.39 is 15.8 Å². The van der Waals surface area contributed by atoms with E-state index in [9.17, 15) is 12.8 Å². The molecule has 2 atom stereocenters. The first-order chi connectivity index (χ1) is 15.0. The number of halogens is 1. The van der Waals surface area contributed by atoms with E-state index in [-0.39, 0.29) is 16.7 Å². The van der Waals surface area contributed by atoms with Gasteiger partial charge in [-0.2, -0.15) is 4.31 Å². The van der Waals surface area contributed by atoms with Crippen LogP contribution in [0.4, 0.5) is 10.2 Å². The third-order valence-corrected chi connectivity index (χ3v) is 7.99. The van der Waals surface area contributed by atoms with Gasteiger partial charge < -0.3 is 14.2 Å². The number of nitrogens with zero attached hydrogens (tertiary/aromatic N) is 6. The van der Waals surface area contributed by atoms with Crippen LogP contribution >= 0.6 is 0 Å². The Morgan fingerprint density at radius 1 is 1.10 bits per heavy atom. The van der Waals surface area contributed by atoms with Crippen LogP contribution in [0.3, 0.4) is 0 Å². The number of rotatable bonds is 6. The minimum absolute atomic E-state index is 0.155. The van der Waals surface area contributed by atoms with Gasteiger partial charge in [-0.25, -0.2) is 27.8 Å². The Labute approximate surface area is 179 Å². The Hall–Kier alpha value is -2.63. The second kappa shape index (κ2) is 7.81. The van der Waals surface area contributed by atoms with Crippen molar-refractivity contribution in [1.29, 1.82) is 0 Å². The predicted octanol–water partition coefficient (Wildman–Crippen LogP) is 1.37. The third kappa shape index (κ3) is 3.46. The Balaban J connectivity index is 1.34. The quantitative estimate of drug-likeness (QED) is 0.565. The van der Waals surface area contributed by atoms with Gasteiger partial charge in [0.05, 0.1) is 12.9 Å². The molecule has 2 aliphatic heterocycles. The van der Waals surface area contributed by atoms with E-state index in [0.29, 0.717) is 39.3 Å². The average Bonchev–Trinajstić information content (AvgIpc) is 3.45. The fourth-order valence-corrected chi connectivity index (χ4v) is 6.18. The number of benzene rings is 1. The molecular formula is C20H23FN6O3S. The summed E-state index contributed by atoms with van der Waals surface area (Å²) in [5.74, 6) is 0.358. The van der Waals surface area contributed by atoms with Crippen LogP contribution in [0.5, 0.6) is 0 Å². The Kier molecular flexibility index (Phi) is 5.11. The summed E-state index contributed by atoms with van der Waals surface area (Å²) >= 11 is 0. The number of methoxy groups -OCH3 is 1. The molecule has 2 unspecified atom stereocenters. The molecule has 2 fully saturated rings. The molecule has 5 rings (SSSR count). The van der Waals surface area contributed by atoms with Crippen molar-refractivity contribution in [1.82, 2.24) is 23.8 Å². The van der Waals surface area contributed by atoms with Crippen LogP contribution in [0.25, 0.3) is 11.2 Å². The van der Waals surface area contributed by atoms with Crippen LogP contribution in [0, 0.1) is 17.7 Å². The second-order valence-electron chi connectivity index (χ2n) is 7.98. The van der Waals surface area contributed by atoms with Gasteiger partial charge in [0.25, 0.3) is 0 Å². The molecule has 9 nitrogen and oxygen atoms in total. The van der Waals surface area contributed by atoms with E-state index in [0.717, 1.165) is 17.0 Å². The molecule has 1 aromatic carbocycles. The van der Waals surface area contributed by atoms with Crippen LogP contribution in [-0.4, -0.2) is 72.1 Å². The predicted molar refractivity (Wildman–Crippen MR) is 112 cm³/mol. The summed E-state index contributed by atoms with van der Waals surface area (Å²) in [5.41, 5.74) is 1.48. The van der Waals surface area contributed by atoms with Gasteiger partial charge in [0.1, 0.15) is 17.0 Å². The molecule has 2 aromatic heterocycles. The zero-order valence-electron chi connectivity index (χ0n) is 17.1. The molecule has 4 heterocycles. The van der Waals surface area contributed by atoms with E-state index in [1.54, 1.807) is 19.5 Å². The molecule has 164 valence electrons. The van der Waals surface area contributed by atoms with Crippen molar-refractivity contribution < 1.29 is 17.5 Å². The van der Waals surface area contributed by atoms with Crippen molar-refractivity contribution in [3.63, 3.8) is 0 Å². The lowest BCUT2D eigenvalue weighted by Crippen LogP contribution is -2.34. The number of aromatic nitrogens is 4. The highest BCUT2D eigenvalue weighted by Crippen LogP contribution is 2.37. The van der Waals surface area contributed by atoms with Crippen molar-refractivity contribution in [2.24, 2.45) is 11.8 Å². The van der Waals surface area contributed by atoms with Crippen molar-refractivity contribution in [3.8, 4) is 0 Å². The smallest absolute Gasteiger partial charge is 0.246 e. The lowest BCUT2D eigenvalue weighted by molar-refractivity contribution is 0.188. The van der Waals surface area contributed by atoms with E-state index in [4.69, 9.17) is 4.74 Å². The van der Waals surface area contributed by atoms with Crippen LogP contribution in [0.15, 0.2) is 41.8 Å². The minimum Gasteiger partial charge on any atom is -0.383 e. The maximum Gasteiger partial charge on any atom is 0.246 e. The summed E-state index contributed by atoms with van der Waals surface area (Å²) in [4.78, 5) is 15.2. The number of fused-ring (bicyclic) bond motifs is 2. The van der Waals surface area contributed by atoms with Crippen LogP contribution in [0.2, 0.25) is 0 Å². The largest absolute Gasteiger partial charge is 0.383 e. The molecule has 31 heavy (non-hydrogen) atoms. The molecule has 0 spiro atoms. The number of anilines is 1. The van der Waals surface area contributed by atoms with Gasteiger partial charge in [-0.15, -0.1) is 0 Å². The second-order valence-corrected chi connectivity index (χ2v) is 9.88. The van der Waals surface area contributed by atoms with E-state index in [2.05, 4.69) is 19.9 Å². The Morgan fingerprint density at radius 2 is 1.84 bits per heavy atom. The van der Waals surface area contributed by atoms with Crippen LogP contribution in [-0.2, 0) is 21.3 Å². The van der Waals surface area contributed by atoms with Gasteiger partial charge >= 0.3 is 0 Å². The number of ether oxygens (including phenoxy) is 1. The molecule has 0 aliphatic carbocycles. The van der Waals surface area contributed by atoms with Crippen LogP contribution in [0.1, 0.15) is 0 Å². The SMILES string of the molecule is COCCn1cnc2c(N3CC4CN(S(=O)(=O)c5ccccc5F)CC4C3)ncnc21. The summed E-state index contributed by atoms with van der Waals surface area (Å²) in [7, 11) is -2.20. The van der Waals surface area contributed by atoms with Gasteiger partial charge in [-0.05, 0) is 24.0 Å². The molecule has 2 saturated heterocycles. The number of imidazole rings is 1. The van der Waals surface area contributed by atoms with Crippen molar-refractivity contribution in [3.05, 3.63) is 42.7 Å². The molecule has 0 radical (unpaired) electrons. The first-order valence-electron chi connectivity index (χ1n) is 10.1. The van der Waals surface area contributed by atoms with Crippen molar-refractivity contribution >= 4 is 27.0 Å². The lowest BCUT2D eigenvalue weighted by atomic mass is 10.0. The van der Waals surface area contributed by atoms with Gasteiger partial charge in [0, 0.05) is 39.8 Å². The highest BCUT2D eigenvalue weighted by atomic mass is 32.2. The van der Waals surface area contributed by atoms with E-state index >= 15 is 0 Å². The molecule has 0 bridgehead atoms. The molecule has 0 amide bonds. The zero-order chi connectivity index (χ0) is 21.6. The molecular weight excluding hydrogens is 423 g/mol. The maximum atomic E-state index is 14.1. The number of hydrogen-bond acceptors (Lipinski definition) is 7. The fraction of sp³-hybridized carbons (Fsp3) is 0.450. The average molecular weight is 447 g/mol. The summed E-state index contributed by atoms with van der Waals surface area (Å²) in [5, 5.41) is 0. The summed E-state index contributed by atoms with van der Waals surface area (Å²) < 4.78 is 48.4. The zero-order valence-corrected chi connectivity index (χ0v) is 17.9. The highest BCUT2D eigenvalue weighted by molar-refractivity contribution is 7.89. The first kappa shape index (κ1) is 20.3. The van der Waals surface area contributed by atoms with Gasteiger partial charge in [-0.3, -0.25) is 0 Å². The normalized spacial score (nSPS) is 21.8. The van der Waals surface area contributed by atoms with Crippen molar-refractivity contribution in [2.75, 3.05) is 44.8 Å². The molecule has 2 aliphatic rings. The first-order valence-corrected chi connectivity index (χ1v) is 11.6. The molecule has 3 aromatic rings. The van der Waals surface area contributed by atoms with E-state index in [1.807, 2.05) is 4.57 Å². The molecule has 0 saturated carbocycles. The summed E-state index contributed by atoms with van der Waals surface area (Å²) in [6.07, 6.45) is 3.27. The van der Waals surface area contributed by atoms with Crippen molar-refractivity contribution in [2.45, 2.75) is 11.4 Å². The minimum atomic E-state index is -3.85. The molecule has 0 N–H and O–H groups in total. The summed E-state index contributed by atoms with van der Waals surface area (Å²) in [6.45, 7) is 3.29. The number of sulfonamides is 1. The lowest BCUT2D eigenvalue weighted by Gasteiger charge is -2.22. The third-order valence-electron chi connectivity index (χ3n) is 6.12. The van der Waals surface area contributed by atoms with Gasteiger partial charge in [0.15, 0.2) is 17.0 Å². The topological polar surface area (TPSA) is 93.5 Å². The van der Waals surface area contributed by atoms with Gasteiger partial charge in [-0.1, -0.05) is 12.1 Å². The van der Waals surface area contributed by atoms with Crippen LogP contribution < -0.4 is 4.90 Å². The highest BCUT2D eigenvalue weighted by Gasteiger charge is 2.45. The maximum absolute atomic E-state index is 14.1. The Bertz CT molecular complexity index is 1200. The summed E-state index contributed by atoms with van der Waals surface area (Å²) in [6, 6.07) is 5.53. The van der Waals surface area contributed by atoms with E-state index in [1.165, 1.54) is 28.8 Å². The fourth-order valence-electron chi connectivity index (χ4n) is 4.57.